The Morgan fingerprint density at radius 2 is 1.68 bits per heavy atom. The second-order valence-corrected chi connectivity index (χ2v) is 11.7. The number of carbonyl (C=O) groups is 3. The normalized spacial score (nSPS) is 16.0. The molecule has 2 aromatic rings. The van der Waals surface area contributed by atoms with Gasteiger partial charge in [0.15, 0.2) is 0 Å². The fourth-order valence-electron chi connectivity index (χ4n) is 4.77. The summed E-state index contributed by atoms with van der Waals surface area (Å²) in [7, 11) is 0.386. The summed E-state index contributed by atoms with van der Waals surface area (Å²) in [6.45, 7) is 0. The molecular formula is C27H32Cl2N2O5S. The second kappa shape index (κ2) is 13.4. The van der Waals surface area contributed by atoms with Gasteiger partial charge in [-0.15, -0.1) is 0 Å². The van der Waals surface area contributed by atoms with E-state index in [0.29, 0.717) is 24.3 Å². The first-order valence-electron chi connectivity index (χ1n) is 12.2. The number of ether oxygens (including phenoxy) is 1. The maximum Gasteiger partial charge on any atom is 0.328 e. The van der Waals surface area contributed by atoms with Crippen molar-refractivity contribution in [2.45, 2.75) is 51.0 Å². The summed E-state index contributed by atoms with van der Waals surface area (Å²) >= 11 is 12.2. The van der Waals surface area contributed by atoms with Crippen LogP contribution in [0.2, 0.25) is 10.0 Å². The molecule has 0 aliphatic heterocycles. The molecule has 3 rings (SSSR count). The van der Waals surface area contributed by atoms with E-state index < -0.39 is 34.1 Å². The van der Waals surface area contributed by atoms with Gasteiger partial charge in [0.25, 0.3) is 5.91 Å². The number of hydrogen-bond donors (Lipinski definition) is 2. The average molecular weight is 568 g/mol. The van der Waals surface area contributed by atoms with Crippen LogP contribution in [0.1, 0.15) is 54.4 Å². The van der Waals surface area contributed by atoms with Gasteiger partial charge in [0.05, 0.1) is 22.7 Å². The maximum absolute atomic E-state index is 13.4. The minimum atomic E-state index is -0.908. The molecular weight excluding hydrogens is 535 g/mol. The van der Waals surface area contributed by atoms with Crippen molar-refractivity contribution in [2.24, 2.45) is 5.41 Å². The highest BCUT2D eigenvalue weighted by molar-refractivity contribution is 7.84. The SMILES string of the molecule is COC(=O)[C@H](Cc1ccc(NC(=O)c2c(Cl)cccc2Cl)cc1)NC(=O)C1(CCCS(C)=O)CCCC1. The topological polar surface area (TPSA) is 102 Å². The van der Waals surface area contributed by atoms with Crippen molar-refractivity contribution < 1.29 is 23.3 Å². The number of amides is 2. The minimum absolute atomic E-state index is 0.150. The summed E-state index contributed by atoms with van der Waals surface area (Å²) in [5.74, 6) is -0.553. The van der Waals surface area contributed by atoms with Crippen LogP contribution in [0.3, 0.4) is 0 Å². The van der Waals surface area contributed by atoms with Crippen LogP contribution in [-0.2, 0) is 31.5 Å². The molecule has 0 heterocycles. The molecule has 0 spiro atoms. The highest BCUT2D eigenvalue weighted by Gasteiger charge is 2.42. The summed E-state index contributed by atoms with van der Waals surface area (Å²) < 4.78 is 16.5. The van der Waals surface area contributed by atoms with Crippen molar-refractivity contribution >= 4 is 57.5 Å². The van der Waals surface area contributed by atoms with E-state index in [4.69, 9.17) is 27.9 Å². The molecule has 0 radical (unpaired) electrons. The van der Waals surface area contributed by atoms with Crippen LogP contribution in [0.4, 0.5) is 5.69 Å². The van der Waals surface area contributed by atoms with Crippen molar-refractivity contribution in [3.8, 4) is 0 Å². The predicted octanol–water partition coefficient (Wildman–Crippen LogP) is 5.17. The molecule has 10 heteroatoms. The number of anilines is 1. The van der Waals surface area contributed by atoms with Crippen LogP contribution >= 0.6 is 23.2 Å². The van der Waals surface area contributed by atoms with Crippen LogP contribution in [0.15, 0.2) is 42.5 Å². The fraction of sp³-hybridized carbons (Fsp3) is 0.444. The number of halogens is 2. The van der Waals surface area contributed by atoms with E-state index in [0.717, 1.165) is 31.2 Å². The largest absolute Gasteiger partial charge is 0.467 e. The lowest BCUT2D eigenvalue weighted by Crippen LogP contribution is -2.49. The first-order valence-corrected chi connectivity index (χ1v) is 14.7. The average Bonchev–Trinajstić information content (AvgIpc) is 3.34. The zero-order valence-electron chi connectivity index (χ0n) is 21.0. The highest BCUT2D eigenvalue weighted by Crippen LogP contribution is 2.42. The Kier molecular flexibility index (Phi) is 10.6. The molecule has 1 fully saturated rings. The number of benzene rings is 2. The summed E-state index contributed by atoms with van der Waals surface area (Å²) in [5.41, 5.74) is 0.960. The fourth-order valence-corrected chi connectivity index (χ4v) is 5.89. The summed E-state index contributed by atoms with van der Waals surface area (Å²) in [6, 6.07) is 10.9. The number of hydrogen-bond acceptors (Lipinski definition) is 5. The third kappa shape index (κ3) is 7.79. The number of carbonyl (C=O) groups excluding carboxylic acids is 3. The van der Waals surface area contributed by atoms with E-state index in [1.807, 2.05) is 0 Å². The zero-order valence-corrected chi connectivity index (χ0v) is 23.3. The van der Waals surface area contributed by atoms with E-state index in [1.165, 1.54) is 7.11 Å². The van der Waals surface area contributed by atoms with Crippen LogP contribution in [0.5, 0.6) is 0 Å². The van der Waals surface area contributed by atoms with E-state index >= 15 is 0 Å². The van der Waals surface area contributed by atoms with Gasteiger partial charge in [-0.25, -0.2) is 4.79 Å². The molecule has 0 bridgehead atoms. The Hall–Kier alpha value is -2.42. The molecule has 0 aromatic heterocycles. The Morgan fingerprint density at radius 3 is 2.24 bits per heavy atom. The molecule has 37 heavy (non-hydrogen) atoms. The van der Waals surface area contributed by atoms with Gasteiger partial charge in [-0.2, -0.15) is 0 Å². The zero-order chi connectivity index (χ0) is 27.0. The predicted molar refractivity (Wildman–Crippen MR) is 148 cm³/mol. The summed E-state index contributed by atoms with van der Waals surface area (Å²) in [6.07, 6.45) is 6.67. The Balaban J connectivity index is 1.67. The van der Waals surface area contributed by atoms with Gasteiger partial charge >= 0.3 is 5.97 Å². The molecule has 2 amide bonds. The molecule has 2 aromatic carbocycles. The van der Waals surface area contributed by atoms with Crippen molar-refractivity contribution in [3.05, 3.63) is 63.6 Å². The van der Waals surface area contributed by atoms with Crippen molar-refractivity contribution in [1.29, 1.82) is 0 Å². The molecule has 200 valence electrons. The minimum Gasteiger partial charge on any atom is -0.467 e. The van der Waals surface area contributed by atoms with Crippen LogP contribution in [0, 0.1) is 5.41 Å². The first kappa shape index (κ1) is 29.1. The Morgan fingerprint density at radius 1 is 1.05 bits per heavy atom. The molecule has 1 saturated carbocycles. The van der Waals surface area contributed by atoms with E-state index in [1.54, 1.807) is 48.7 Å². The van der Waals surface area contributed by atoms with Gasteiger partial charge in [0, 0.05) is 40.3 Å². The van der Waals surface area contributed by atoms with Gasteiger partial charge in [-0.3, -0.25) is 13.8 Å². The molecule has 7 nitrogen and oxygen atoms in total. The molecule has 0 saturated heterocycles. The van der Waals surface area contributed by atoms with E-state index in [2.05, 4.69) is 10.6 Å². The summed E-state index contributed by atoms with van der Waals surface area (Å²) in [4.78, 5) is 38.5. The first-order chi connectivity index (χ1) is 17.6. The van der Waals surface area contributed by atoms with E-state index in [9.17, 15) is 18.6 Å². The van der Waals surface area contributed by atoms with Crippen LogP contribution in [-0.4, -0.2) is 47.2 Å². The lowest BCUT2D eigenvalue weighted by Gasteiger charge is -2.30. The number of esters is 1. The lowest BCUT2D eigenvalue weighted by molar-refractivity contribution is -0.146. The Labute approximate surface area is 230 Å². The van der Waals surface area contributed by atoms with Gasteiger partial charge in [0.2, 0.25) is 5.91 Å². The van der Waals surface area contributed by atoms with Gasteiger partial charge in [-0.1, -0.05) is 54.2 Å². The molecule has 1 unspecified atom stereocenters. The number of nitrogens with one attached hydrogen (secondary N) is 2. The monoisotopic (exact) mass is 566 g/mol. The van der Waals surface area contributed by atoms with Crippen LogP contribution < -0.4 is 10.6 Å². The molecule has 1 aliphatic carbocycles. The maximum atomic E-state index is 13.4. The van der Waals surface area contributed by atoms with Gasteiger partial charge in [-0.05, 0) is 55.5 Å². The molecule has 1 aliphatic rings. The quantitative estimate of drug-likeness (QED) is 0.365. The Bertz CT molecular complexity index is 1130. The third-order valence-corrected chi connectivity index (χ3v) is 8.26. The van der Waals surface area contributed by atoms with Gasteiger partial charge < -0.3 is 15.4 Å². The standard InChI is InChI=1S/C27H32Cl2N2O5S/c1-36-25(33)22(31-26(34)27(13-3-4-14-27)15-6-16-37(2)35)17-18-9-11-19(12-10-18)30-24(32)23-20(28)7-5-8-21(23)29/h5,7-12,22H,3-4,6,13-17H2,1-2H3,(H,30,32)(H,31,34)/t22-,37?/m0/s1. The van der Waals surface area contributed by atoms with Crippen molar-refractivity contribution in [3.63, 3.8) is 0 Å². The molecule has 2 atom stereocenters. The summed E-state index contributed by atoms with van der Waals surface area (Å²) in [5, 5.41) is 6.20. The number of rotatable bonds is 11. The second-order valence-electron chi connectivity index (χ2n) is 9.37. The van der Waals surface area contributed by atoms with Crippen LogP contribution in [0.25, 0.3) is 0 Å². The number of methoxy groups -OCH3 is 1. The van der Waals surface area contributed by atoms with Crippen molar-refractivity contribution in [1.82, 2.24) is 5.32 Å². The molecule has 2 N–H and O–H groups in total. The highest BCUT2D eigenvalue weighted by atomic mass is 35.5. The van der Waals surface area contributed by atoms with Gasteiger partial charge in [0.1, 0.15) is 6.04 Å². The van der Waals surface area contributed by atoms with Crippen molar-refractivity contribution in [2.75, 3.05) is 24.4 Å². The smallest absolute Gasteiger partial charge is 0.328 e. The third-order valence-electron chi connectivity index (χ3n) is 6.76. The lowest BCUT2D eigenvalue weighted by atomic mass is 9.80. The van der Waals surface area contributed by atoms with E-state index in [-0.39, 0.29) is 27.9 Å².